The molecule has 1 aliphatic rings. The van der Waals surface area contributed by atoms with Crippen LogP contribution >= 0.6 is 0 Å². The number of hydrogen-bond acceptors (Lipinski definition) is 6. The molecule has 0 saturated heterocycles. The van der Waals surface area contributed by atoms with Crippen molar-refractivity contribution in [1.29, 1.82) is 0 Å². The number of carbonyl (C=O) groups excluding carboxylic acids is 2. The molecule has 2 heterocycles. The van der Waals surface area contributed by atoms with Crippen LogP contribution < -0.4 is 10.9 Å². The number of rotatable bonds is 7. The molecule has 1 N–H and O–H groups in total. The SMILES string of the molecule is CCOC(=O)c1ccc(NC(=O)Cn2nc(C3CC3)c3cnn(-c4ccc(C)c(C)c4)c3c2=O)cc1. The second-order valence-electron chi connectivity index (χ2n) is 9.06. The van der Waals surface area contributed by atoms with E-state index in [1.165, 1.54) is 4.68 Å². The van der Waals surface area contributed by atoms with Gasteiger partial charge in [0.2, 0.25) is 5.91 Å². The van der Waals surface area contributed by atoms with Crippen LogP contribution in [0.1, 0.15) is 52.9 Å². The van der Waals surface area contributed by atoms with Gasteiger partial charge in [0.05, 0.1) is 29.7 Å². The molecule has 184 valence electrons. The summed E-state index contributed by atoms with van der Waals surface area (Å²) in [6, 6.07) is 12.3. The summed E-state index contributed by atoms with van der Waals surface area (Å²) >= 11 is 0. The van der Waals surface area contributed by atoms with Gasteiger partial charge in [-0.15, -0.1) is 0 Å². The molecule has 2 aromatic carbocycles. The quantitative estimate of drug-likeness (QED) is 0.398. The molecule has 0 radical (unpaired) electrons. The van der Waals surface area contributed by atoms with Gasteiger partial charge in [0.25, 0.3) is 5.56 Å². The van der Waals surface area contributed by atoms with Crippen LogP contribution in [0.3, 0.4) is 0 Å². The van der Waals surface area contributed by atoms with E-state index in [1.807, 2.05) is 32.0 Å². The molecule has 36 heavy (non-hydrogen) atoms. The topological polar surface area (TPSA) is 108 Å². The fourth-order valence-corrected chi connectivity index (χ4v) is 4.15. The average Bonchev–Trinajstić information content (AvgIpc) is 3.61. The van der Waals surface area contributed by atoms with Crippen molar-refractivity contribution in [1.82, 2.24) is 19.6 Å². The van der Waals surface area contributed by atoms with E-state index >= 15 is 0 Å². The number of nitrogens with one attached hydrogen (secondary N) is 1. The van der Waals surface area contributed by atoms with Gasteiger partial charge in [-0.25, -0.2) is 14.2 Å². The maximum atomic E-state index is 13.5. The molecule has 1 aliphatic carbocycles. The lowest BCUT2D eigenvalue weighted by Gasteiger charge is -2.11. The summed E-state index contributed by atoms with van der Waals surface area (Å²) in [6.45, 7) is 5.83. The minimum atomic E-state index is -0.424. The van der Waals surface area contributed by atoms with Gasteiger partial charge in [-0.05, 0) is 81.1 Å². The van der Waals surface area contributed by atoms with E-state index in [1.54, 1.807) is 42.1 Å². The van der Waals surface area contributed by atoms with Gasteiger partial charge in [-0.3, -0.25) is 9.59 Å². The van der Waals surface area contributed by atoms with Crippen molar-refractivity contribution in [2.24, 2.45) is 0 Å². The van der Waals surface area contributed by atoms with Crippen LogP contribution in [0.4, 0.5) is 5.69 Å². The molecule has 5 rings (SSSR count). The van der Waals surface area contributed by atoms with Gasteiger partial charge in [0.1, 0.15) is 12.1 Å². The number of ether oxygens (including phenoxy) is 1. The minimum absolute atomic E-state index is 0.244. The smallest absolute Gasteiger partial charge is 0.338 e. The van der Waals surface area contributed by atoms with Crippen LogP contribution in [0.15, 0.2) is 53.5 Å². The van der Waals surface area contributed by atoms with E-state index in [0.717, 1.165) is 40.7 Å². The Bertz CT molecular complexity index is 1530. The number of fused-ring (bicyclic) bond motifs is 1. The Balaban J connectivity index is 1.45. The molecular weight excluding hydrogens is 458 g/mol. The summed E-state index contributed by atoms with van der Waals surface area (Å²) < 4.78 is 7.84. The van der Waals surface area contributed by atoms with Gasteiger partial charge in [0.15, 0.2) is 0 Å². The van der Waals surface area contributed by atoms with Gasteiger partial charge >= 0.3 is 5.97 Å². The van der Waals surface area contributed by atoms with E-state index in [9.17, 15) is 14.4 Å². The zero-order chi connectivity index (χ0) is 25.4. The van der Waals surface area contributed by atoms with E-state index in [-0.39, 0.29) is 24.6 Å². The molecule has 0 bridgehead atoms. The molecule has 1 saturated carbocycles. The van der Waals surface area contributed by atoms with Crippen LogP contribution in [0.25, 0.3) is 16.6 Å². The second-order valence-corrected chi connectivity index (χ2v) is 9.06. The predicted molar refractivity (Wildman–Crippen MR) is 136 cm³/mol. The molecule has 1 fully saturated rings. The van der Waals surface area contributed by atoms with Crippen molar-refractivity contribution in [2.75, 3.05) is 11.9 Å². The zero-order valence-corrected chi connectivity index (χ0v) is 20.4. The highest BCUT2D eigenvalue weighted by Gasteiger charge is 2.30. The van der Waals surface area contributed by atoms with Crippen molar-refractivity contribution in [3.8, 4) is 5.69 Å². The molecule has 0 unspecified atom stereocenters. The normalized spacial score (nSPS) is 13.1. The maximum Gasteiger partial charge on any atom is 0.338 e. The molecule has 2 aromatic heterocycles. The standard InChI is InChI=1S/C27H27N5O4/c1-4-36-27(35)19-8-10-20(11-9-19)29-23(33)15-31-26(34)25-22(24(30-31)18-6-7-18)14-28-32(25)21-12-5-16(2)17(3)13-21/h5,8-14,18H,4,6-7,15H2,1-3H3,(H,29,33). The lowest BCUT2D eigenvalue weighted by atomic mass is 10.1. The first kappa shape index (κ1) is 23.5. The number of amides is 1. The molecule has 1 amide bonds. The van der Waals surface area contributed by atoms with Crippen LogP contribution in [-0.2, 0) is 16.1 Å². The summed E-state index contributed by atoms with van der Waals surface area (Å²) in [7, 11) is 0. The minimum Gasteiger partial charge on any atom is -0.462 e. The van der Waals surface area contributed by atoms with E-state index in [4.69, 9.17) is 4.74 Å². The maximum absolute atomic E-state index is 13.5. The van der Waals surface area contributed by atoms with E-state index in [0.29, 0.717) is 16.8 Å². The van der Waals surface area contributed by atoms with Crippen molar-refractivity contribution in [2.45, 2.75) is 46.1 Å². The molecule has 0 aliphatic heterocycles. The summed E-state index contributed by atoms with van der Waals surface area (Å²) in [5.41, 5.74) is 4.78. The summed E-state index contributed by atoms with van der Waals surface area (Å²) in [5.74, 6) is -0.561. The number of anilines is 1. The highest BCUT2D eigenvalue weighted by molar-refractivity contribution is 5.93. The van der Waals surface area contributed by atoms with E-state index in [2.05, 4.69) is 15.5 Å². The summed E-state index contributed by atoms with van der Waals surface area (Å²) in [4.78, 5) is 38.2. The predicted octanol–water partition coefficient (Wildman–Crippen LogP) is 3.89. The highest BCUT2D eigenvalue weighted by atomic mass is 16.5. The fraction of sp³-hybridized carbons (Fsp3) is 0.296. The first-order chi connectivity index (χ1) is 17.4. The fourth-order valence-electron chi connectivity index (χ4n) is 4.15. The molecule has 9 nitrogen and oxygen atoms in total. The van der Waals surface area contributed by atoms with Crippen LogP contribution in [0, 0.1) is 13.8 Å². The van der Waals surface area contributed by atoms with Gasteiger partial charge in [-0.2, -0.15) is 10.2 Å². The Morgan fingerprint density at radius 2 is 1.83 bits per heavy atom. The molecule has 0 spiro atoms. The molecule has 4 aromatic rings. The number of carbonyl (C=O) groups is 2. The van der Waals surface area contributed by atoms with Crippen LogP contribution in [0.2, 0.25) is 0 Å². The Kier molecular flexibility index (Phi) is 6.13. The number of aromatic nitrogens is 4. The molecule has 9 heteroatoms. The Morgan fingerprint density at radius 1 is 1.08 bits per heavy atom. The third-order valence-electron chi connectivity index (χ3n) is 6.38. The third kappa shape index (κ3) is 4.51. The Hall–Kier alpha value is -4.27. The number of nitrogens with zero attached hydrogens (tertiary/aromatic N) is 4. The largest absolute Gasteiger partial charge is 0.462 e. The molecular formula is C27H27N5O4. The Morgan fingerprint density at radius 3 is 2.50 bits per heavy atom. The zero-order valence-electron chi connectivity index (χ0n) is 20.4. The van der Waals surface area contributed by atoms with Crippen molar-refractivity contribution in [3.05, 3.63) is 81.4 Å². The first-order valence-corrected chi connectivity index (χ1v) is 12.0. The van der Waals surface area contributed by atoms with Gasteiger partial charge in [-0.1, -0.05) is 6.07 Å². The lowest BCUT2D eigenvalue weighted by molar-refractivity contribution is -0.117. The number of aryl methyl sites for hydroxylation is 2. The third-order valence-corrected chi connectivity index (χ3v) is 6.38. The van der Waals surface area contributed by atoms with Crippen LogP contribution in [-0.4, -0.2) is 38.0 Å². The van der Waals surface area contributed by atoms with E-state index < -0.39 is 11.9 Å². The lowest BCUT2D eigenvalue weighted by Crippen LogP contribution is -2.31. The van der Waals surface area contributed by atoms with Crippen molar-refractivity contribution < 1.29 is 14.3 Å². The van der Waals surface area contributed by atoms with Crippen molar-refractivity contribution >= 4 is 28.5 Å². The summed E-state index contributed by atoms with van der Waals surface area (Å²) in [5, 5.41) is 12.6. The number of benzene rings is 2. The molecule has 0 atom stereocenters. The Labute approximate surface area is 207 Å². The highest BCUT2D eigenvalue weighted by Crippen LogP contribution is 2.41. The number of esters is 1. The summed E-state index contributed by atoms with van der Waals surface area (Å²) in [6.07, 6.45) is 3.68. The van der Waals surface area contributed by atoms with Gasteiger partial charge in [0, 0.05) is 17.0 Å². The monoisotopic (exact) mass is 485 g/mol. The average molecular weight is 486 g/mol. The first-order valence-electron chi connectivity index (χ1n) is 12.0. The van der Waals surface area contributed by atoms with Crippen LogP contribution in [0.5, 0.6) is 0 Å². The number of hydrogen-bond donors (Lipinski definition) is 1. The second kappa shape index (κ2) is 9.41. The van der Waals surface area contributed by atoms with Crippen molar-refractivity contribution in [3.63, 3.8) is 0 Å². The van der Waals surface area contributed by atoms with Gasteiger partial charge < -0.3 is 10.1 Å².